The fourth-order valence-corrected chi connectivity index (χ4v) is 1.78. The Morgan fingerprint density at radius 1 is 1.27 bits per heavy atom. The molecule has 2 fully saturated rings. The molecule has 0 aromatic rings. The van der Waals surface area contributed by atoms with Gasteiger partial charge in [0.15, 0.2) is 0 Å². The van der Waals surface area contributed by atoms with Gasteiger partial charge in [0.25, 0.3) is 0 Å². The average molecular weight is 154 g/mol. The predicted octanol–water partition coefficient (Wildman–Crippen LogP) is 0.692. The first-order valence-electron chi connectivity index (χ1n) is 4.72. The van der Waals surface area contributed by atoms with Crippen LogP contribution >= 0.6 is 0 Å². The second kappa shape index (κ2) is 2.76. The highest BCUT2D eigenvalue weighted by atomic mass is 15.2. The third kappa shape index (κ3) is 1.94. The molecule has 2 aliphatic rings. The summed E-state index contributed by atoms with van der Waals surface area (Å²) in [7, 11) is 0. The van der Waals surface area contributed by atoms with E-state index in [4.69, 9.17) is 0 Å². The zero-order valence-corrected chi connectivity index (χ0v) is 7.40. The molecule has 1 heterocycles. The van der Waals surface area contributed by atoms with E-state index in [-0.39, 0.29) is 0 Å². The summed E-state index contributed by atoms with van der Waals surface area (Å²) in [6.07, 6.45) is 2.91. The molecule has 2 rings (SSSR count). The van der Waals surface area contributed by atoms with Gasteiger partial charge in [0, 0.05) is 32.7 Å². The van der Waals surface area contributed by atoms with Crippen LogP contribution in [0.4, 0.5) is 0 Å². The molecule has 0 bridgehead atoms. The summed E-state index contributed by atoms with van der Waals surface area (Å²) in [5.41, 5.74) is 0.706. The van der Waals surface area contributed by atoms with Crippen LogP contribution in [0, 0.1) is 5.41 Å². The Kier molecular flexibility index (Phi) is 1.90. The topological polar surface area (TPSA) is 15.3 Å². The molecule has 0 atom stereocenters. The Hall–Kier alpha value is -0.0800. The first kappa shape index (κ1) is 7.56. The van der Waals surface area contributed by atoms with E-state index in [2.05, 4.69) is 17.1 Å². The maximum absolute atomic E-state index is 3.38. The molecule has 0 unspecified atom stereocenters. The molecule has 0 aromatic carbocycles. The lowest BCUT2D eigenvalue weighted by atomic mass is 10.1. The summed E-state index contributed by atoms with van der Waals surface area (Å²) in [5, 5.41) is 3.38. The fourth-order valence-electron chi connectivity index (χ4n) is 1.78. The fraction of sp³-hybridized carbons (Fsp3) is 1.00. The van der Waals surface area contributed by atoms with E-state index in [1.165, 1.54) is 45.6 Å². The van der Waals surface area contributed by atoms with Crippen molar-refractivity contribution in [2.75, 3.05) is 32.7 Å². The molecule has 64 valence electrons. The number of rotatable bonds is 2. The van der Waals surface area contributed by atoms with Gasteiger partial charge in [-0.05, 0) is 18.3 Å². The Morgan fingerprint density at radius 2 is 1.91 bits per heavy atom. The molecule has 11 heavy (non-hydrogen) atoms. The normalized spacial score (nSPS) is 30.3. The summed E-state index contributed by atoms with van der Waals surface area (Å²) in [4.78, 5) is 2.60. The number of hydrogen-bond donors (Lipinski definition) is 1. The summed E-state index contributed by atoms with van der Waals surface area (Å²) in [6, 6.07) is 0. The molecule has 0 spiro atoms. The van der Waals surface area contributed by atoms with E-state index in [1.54, 1.807) is 0 Å². The van der Waals surface area contributed by atoms with Gasteiger partial charge in [0.05, 0.1) is 0 Å². The van der Waals surface area contributed by atoms with Gasteiger partial charge in [-0.1, -0.05) is 6.92 Å². The molecule has 1 saturated carbocycles. The van der Waals surface area contributed by atoms with Gasteiger partial charge < -0.3 is 10.2 Å². The minimum absolute atomic E-state index is 0.706. The van der Waals surface area contributed by atoms with E-state index in [0.29, 0.717) is 5.41 Å². The van der Waals surface area contributed by atoms with Crippen LogP contribution in [-0.4, -0.2) is 37.6 Å². The van der Waals surface area contributed by atoms with Gasteiger partial charge in [-0.15, -0.1) is 0 Å². The largest absolute Gasteiger partial charge is 0.314 e. The van der Waals surface area contributed by atoms with Gasteiger partial charge in [0.1, 0.15) is 0 Å². The summed E-state index contributed by atoms with van der Waals surface area (Å²) in [5.74, 6) is 0. The molecular weight excluding hydrogens is 136 g/mol. The van der Waals surface area contributed by atoms with Crippen molar-refractivity contribution >= 4 is 0 Å². The summed E-state index contributed by atoms with van der Waals surface area (Å²) < 4.78 is 0. The molecule has 0 amide bonds. The quantitative estimate of drug-likeness (QED) is 0.629. The molecule has 1 aliphatic carbocycles. The SMILES string of the molecule is CC1(CN2CCNCC2)CC1. The van der Waals surface area contributed by atoms with Gasteiger partial charge in [-0.25, -0.2) is 0 Å². The smallest absolute Gasteiger partial charge is 0.0108 e. The highest BCUT2D eigenvalue weighted by molar-refractivity contribution is 4.91. The first-order valence-corrected chi connectivity index (χ1v) is 4.72. The Balaban J connectivity index is 1.76. The van der Waals surface area contributed by atoms with E-state index in [0.717, 1.165) is 0 Å². The van der Waals surface area contributed by atoms with Gasteiger partial charge in [-0.2, -0.15) is 0 Å². The molecule has 1 aliphatic heterocycles. The molecule has 1 saturated heterocycles. The molecule has 2 nitrogen and oxygen atoms in total. The van der Waals surface area contributed by atoms with Crippen molar-refractivity contribution in [3.05, 3.63) is 0 Å². The minimum atomic E-state index is 0.706. The lowest BCUT2D eigenvalue weighted by Gasteiger charge is -2.29. The number of hydrogen-bond acceptors (Lipinski definition) is 2. The number of nitrogens with one attached hydrogen (secondary N) is 1. The van der Waals surface area contributed by atoms with Crippen molar-refractivity contribution in [3.8, 4) is 0 Å². The van der Waals surface area contributed by atoms with Crippen LogP contribution in [0.25, 0.3) is 0 Å². The summed E-state index contributed by atoms with van der Waals surface area (Å²) >= 11 is 0. The first-order chi connectivity index (χ1) is 5.29. The van der Waals surface area contributed by atoms with Crippen LogP contribution in [0.3, 0.4) is 0 Å². The van der Waals surface area contributed by atoms with Gasteiger partial charge >= 0.3 is 0 Å². The highest BCUT2D eigenvalue weighted by Gasteiger charge is 2.38. The predicted molar refractivity (Wildman–Crippen MR) is 46.7 cm³/mol. The second-order valence-electron chi connectivity index (χ2n) is 4.34. The van der Waals surface area contributed by atoms with Crippen LogP contribution in [-0.2, 0) is 0 Å². The monoisotopic (exact) mass is 154 g/mol. The third-order valence-electron chi connectivity index (χ3n) is 2.92. The van der Waals surface area contributed by atoms with E-state index >= 15 is 0 Å². The van der Waals surface area contributed by atoms with Crippen LogP contribution in [0.5, 0.6) is 0 Å². The number of piperazine rings is 1. The zero-order valence-electron chi connectivity index (χ0n) is 7.40. The molecule has 0 radical (unpaired) electrons. The van der Waals surface area contributed by atoms with E-state index in [1.807, 2.05) is 0 Å². The van der Waals surface area contributed by atoms with Crippen molar-refractivity contribution in [2.24, 2.45) is 5.41 Å². The van der Waals surface area contributed by atoms with E-state index < -0.39 is 0 Å². The van der Waals surface area contributed by atoms with Crippen molar-refractivity contribution in [3.63, 3.8) is 0 Å². The summed E-state index contributed by atoms with van der Waals surface area (Å²) in [6.45, 7) is 8.65. The molecular formula is C9H18N2. The van der Waals surface area contributed by atoms with Gasteiger partial charge in [0.2, 0.25) is 0 Å². The Bertz CT molecular complexity index is 134. The molecule has 2 heteroatoms. The highest BCUT2D eigenvalue weighted by Crippen LogP contribution is 2.45. The van der Waals surface area contributed by atoms with Crippen molar-refractivity contribution in [1.82, 2.24) is 10.2 Å². The Labute approximate surface area is 69.0 Å². The average Bonchev–Trinajstić information content (AvgIpc) is 2.70. The van der Waals surface area contributed by atoms with Crippen molar-refractivity contribution in [1.29, 1.82) is 0 Å². The standard InChI is InChI=1S/C9H18N2/c1-9(2-3-9)8-11-6-4-10-5-7-11/h10H,2-8H2,1H3. The maximum Gasteiger partial charge on any atom is 0.0108 e. The lowest BCUT2D eigenvalue weighted by Crippen LogP contribution is -2.45. The molecule has 0 aromatic heterocycles. The number of nitrogens with zero attached hydrogens (tertiary/aromatic N) is 1. The minimum Gasteiger partial charge on any atom is -0.314 e. The zero-order chi connectivity index (χ0) is 7.73. The van der Waals surface area contributed by atoms with Crippen LogP contribution in [0.2, 0.25) is 0 Å². The Morgan fingerprint density at radius 3 is 2.45 bits per heavy atom. The van der Waals surface area contributed by atoms with Crippen molar-refractivity contribution in [2.45, 2.75) is 19.8 Å². The van der Waals surface area contributed by atoms with E-state index in [9.17, 15) is 0 Å². The molecule has 1 N–H and O–H groups in total. The van der Waals surface area contributed by atoms with Crippen molar-refractivity contribution < 1.29 is 0 Å². The lowest BCUT2D eigenvalue weighted by molar-refractivity contribution is 0.203. The van der Waals surface area contributed by atoms with Gasteiger partial charge in [-0.3, -0.25) is 0 Å². The van der Waals surface area contributed by atoms with Crippen LogP contribution < -0.4 is 5.32 Å². The maximum atomic E-state index is 3.38. The third-order valence-corrected chi connectivity index (χ3v) is 2.92. The van der Waals surface area contributed by atoms with Crippen LogP contribution in [0.15, 0.2) is 0 Å². The second-order valence-corrected chi connectivity index (χ2v) is 4.34. The van der Waals surface area contributed by atoms with Crippen LogP contribution in [0.1, 0.15) is 19.8 Å².